The molecule has 6 heteroatoms. The van der Waals surface area contributed by atoms with E-state index in [4.69, 9.17) is 14.5 Å². The van der Waals surface area contributed by atoms with Crippen LogP contribution < -0.4 is 9.64 Å². The predicted molar refractivity (Wildman–Crippen MR) is 130 cm³/mol. The number of carbonyl (C=O) groups excluding carboxylic acids is 1. The first kappa shape index (κ1) is 20.9. The molecule has 1 aliphatic rings. The number of aryl methyl sites for hydroxylation is 2. The molecule has 0 saturated carbocycles. The van der Waals surface area contributed by atoms with E-state index < -0.39 is 0 Å². The number of ether oxygens (including phenoxy) is 2. The topological polar surface area (TPSA) is 51.7 Å². The normalized spacial score (nSPS) is 16.0. The van der Waals surface area contributed by atoms with E-state index in [2.05, 4.69) is 26.0 Å². The van der Waals surface area contributed by atoms with Crippen molar-refractivity contribution in [2.24, 2.45) is 0 Å². The van der Waals surface area contributed by atoms with Crippen molar-refractivity contribution in [1.29, 1.82) is 0 Å². The fourth-order valence-corrected chi connectivity index (χ4v) is 5.56. The van der Waals surface area contributed by atoms with Crippen molar-refractivity contribution >= 4 is 43.4 Å². The lowest BCUT2D eigenvalue weighted by molar-refractivity contribution is 0.0915. The Kier molecular flexibility index (Phi) is 5.57. The zero-order valence-electron chi connectivity index (χ0n) is 18.6. The molecule has 164 valence electrons. The average molecular weight is 447 g/mol. The van der Waals surface area contributed by atoms with Gasteiger partial charge >= 0.3 is 0 Å². The number of fused-ring (bicyclic) bond motifs is 2. The minimum absolute atomic E-state index is 0.0141. The first-order chi connectivity index (χ1) is 15.5. The Morgan fingerprint density at radius 3 is 2.69 bits per heavy atom. The highest BCUT2D eigenvalue weighted by molar-refractivity contribution is 7.22. The molecule has 32 heavy (non-hydrogen) atoms. The monoisotopic (exact) mass is 446 g/mol. The molecule has 1 unspecified atom stereocenters. The van der Waals surface area contributed by atoms with Crippen LogP contribution in [-0.4, -0.2) is 37.3 Å². The van der Waals surface area contributed by atoms with E-state index >= 15 is 0 Å². The number of rotatable bonds is 5. The van der Waals surface area contributed by atoms with E-state index in [1.165, 1.54) is 5.56 Å². The molecule has 1 aromatic heterocycles. The summed E-state index contributed by atoms with van der Waals surface area (Å²) in [5.74, 6) is 0.454. The molecule has 1 fully saturated rings. The molecule has 1 aliphatic heterocycles. The molecule has 0 bridgehead atoms. The van der Waals surface area contributed by atoms with Crippen LogP contribution in [0.25, 0.3) is 21.0 Å². The van der Waals surface area contributed by atoms with Crippen molar-refractivity contribution in [2.75, 3.05) is 25.2 Å². The number of benzene rings is 3. The third kappa shape index (κ3) is 3.85. The van der Waals surface area contributed by atoms with Crippen LogP contribution in [-0.2, 0) is 4.74 Å². The van der Waals surface area contributed by atoms with Gasteiger partial charge < -0.3 is 9.47 Å². The Labute approximate surface area is 191 Å². The summed E-state index contributed by atoms with van der Waals surface area (Å²) in [6.07, 6.45) is 1.98. The van der Waals surface area contributed by atoms with Gasteiger partial charge in [0.25, 0.3) is 5.91 Å². The number of aromatic nitrogens is 1. The third-order valence-electron chi connectivity index (χ3n) is 6.00. The van der Waals surface area contributed by atoms with Crippen LogP contribution in [0.3, 0.4) is 0 Å². The van der Waals surface area contributed by atoms with Crippen molar-refractivity contribution < 1.29 is 14.3 Å². The highest BCUT2D eigenvalue weighted by Gasteiger charge is 2.29. The van der Waals surface area contributed by atoms with Crippen LogP contribution in [0.5, 0.6) is 5.75 Å². The van der Waals surface area contributed by atoms with Crippen LogP contribution >= 0.6 is 11.3 Å². The second kappa shape index (κ2) is 8.52. The van der Waals surface area contributed by atoms with Crippen molar-refractivity contribution in [1.82, 2.24) is 4.98 Å². The molecule has 0 aliphatic carbocycles. The van der Waals surface area contributed by atoms with Crippen molar-refractivity contribution in [3.8, 4) is 5.75 Å². The van der Waals surface area contributed by atoms with E-state index in [0.29, 0.717) is 23.0 Å². The lowest BCUT2D eigenvalue weighted by Crippen LogP contribution is -2.37. The van der Waals surface area contributed by atoms with Crippen LogP contribution in [0.15, 0.2) is 48.5 Å². The Balaban J connectivity index is 1.61. The van der Waals surface area contributed by atoms with Gasteiger partial charge in [-0.2, -0.15) is 0 Å². The number of nitrogens with zero attached hydrogens (tertiary/aromatic N) is 2. The summed E-state index contributed by atoms with van der Waals surface area (Å²) in [4.78, 5) is 20.6. The quantitative estimate of drug-likeness (QED) is 0.383. The summed E-state index contributed by atoms with van der Waals surface area (Å²) in [6, 6.07) is 16.1. The fraction of sp³-hybridized carbons (Fsp3) is 0.308. The van der Waals surface area contributed by atoms with Gasteiger partial charge in [0.1, 0.15) is 5.75 Å². The fourth-order valence-electron chi connectivity index (χ4n) is 4.41. The maximum atomic E-state index is 13.9. The number of hydrogen-bond donors (Lipinski definition) is 0. The van der Waals surface area contributed by atoms with E-state index in [1.54, 1.807) is 23.3 Å². The van der Waals surface area contributed by atoms with Gasteiger partial charge in [-0.05, 0) is 66.8 Å². The van der Waals surface area contributed by atoms with E-state index in [9.17, 15) is 4.79 Å². The van der Waals surface area contributed by atoms with Gasteiger partial charge in [-0.1, -0.05) is 41.7 Å². The first-order valence-corrected chi connectivity index (χ1v) is 11.7. The van der Waals surface area contributed by atoms with Crippen molar-refractivity contribution in [3.63, 3.8) is 0 Å². The minimum atomic E-state index is -0.114. The molecule has 0 N–H and O–H groups in total. The lowest BCUT2D eigenvalue weighted by atomic mass is 10.0. The molecule has 1 atom stereocenters. The highest BCUT2D eigenvalue weighted by atomic mass is 32.1. The van der Waals surface area contributed by atoms with Crippen molar-refractivity contribution in [3.05, 3.63) is 65.2 Å². The molecular weight excluding hydrogens is 420 g/mol. The van der Waals surface area contributed by atoms with Gasteiger partial charge in [-0.15, -0.1) is 0 Å². The third-order valence-corrected chi connectivity index (χ3v) is 7.03. The van der Waals surface area contributed by atoms with E-state index in [1.807, 2.05) is 36.4 Å². The molecule has 3 aromatic carbocycles. The number of anilines is 1. The Bertz CT molecular complexity index is 1310. The second-order valence-electron chi connectivity index (χ2n) is 8.38. The van der Waals surface area contributed by atoms with Crippen LogP contribution in [0.1, 0.15) is 34.3 Å². The Morgan fingerprint density at radius 1 is 1.19 bits per heavy atom. The maximum absolute atomic E-state index is 13.9. The molecule has 1 saturated heterocycles. The molecule has 0 spiro atoms. The van der Waals surface area contributed by atoms with Gasteiger partial charge in [-0.25, -0.2) is 4.98 Å². The van der Waals surface area contributed by atoms with Crippen LogP contribution in [0, 0.1) is 13.8 Å². The number of hydrogen-bond acceptors (Lipinski definition) is 5. The van der Waals surface area contributed by atoms with E-state index in [-0.39, 0.29) is 12.0 Å². The van der Waals surface area contributed by atoms with Crippen LogP contribution in [0.4, 0.5) is 5.13 Å². The Morgan fingerprint density at radius 2 is 1.97 bits per heavy atom. The van der Waals surface area contributed by atoms with Crippen LogP contribution in [0.2, 0.25) is 0 Å². The van der Waals surface area contributed by atoms with Gasteiger partial charge in [0.15, 0.2) is 5.13 Å². The zero-order valence-corrected chi connectivity index (χ0v) is 19.4. The summed E-state index contributed by atoms with van der Waals surface area (Å²) in [5, 5.41) is 2.74. The van der Waals surface area contributed by atoms with Gasteiger partial charge in [0, 0.05) is 6.61 Å². The number of carbonyl (C=O) groups is 1. The molecule has 5 nitrogen and oxygen atoms in total. The average Bonchev–Trinajstić information content (AvgIpc) is 3.46. The smallest absolute Gasteiger partial charge is 0.263 e. The molecule has 2 heterocycles. The minimum Gasteiger partial charge on any atom is -0.496 e. The molecule has 0 radical (unpaired) electrons. The number of methoxy groups -OCH3 is 1. The summed E-state index contributed by atoms with van der Waals surface area (Å²) in [5.41, 5.74) is 3.80. The predicted octanol–water partition coefficient (Wildman–Crippen LogP) is 5.90. The largest absolute Gasteiger partial charge is 0.496 e. The standard InChI is InChI=1S/C26H26N2O3S/c1-16-11-17(2)24-23(12-16)32-26(27-24)28(15-20-9-6-10-31-20)25(29)21-13-18-7-4-5-8-19(18)14-22(21)30-3/h4-5,7-8,11-14,20H,6,9-10,15H2,1-3H3. The molecular formula is C26H26N2O3S. The SMILES string of the molecule is COc1cc2ccccc2cc1C(=O)N(CC1CCCO1)c1nc2c(C)cc(C)cc2s1. The zero-order chi connectivity index (χ0) is 22.2. The van der Waals surface area contributed by atoms with Gasteiger partial charge in [-0.3, -0.25) is 9.69 Å². The molecule has 4 aromatic rings. The van der Waals surface area contributed by atoms with E-state index in [0.717, 1.165) is 46.0 Å². The highest BCUT2D eigenvalue weighted by Crippen LogP contribution is 2.35. The first-order valence-electron chi connectivity index (χ1n) is 10.9. The summed E-state index contributed by atoms with van der Waals surface area (Å²) in [7, 11) is 1.61. The maximum Gasteiger partial charge on any atom is 0.263 e. The summed E-state index contributed by atoms with van der Waals surface area (Å²) < 4.78 is 12.6. The van der Waals surface area contributed by atoms with Crippen molar-refractivity contribution in [2.45, 2.75) is 32.8 Å². The summed E-state index contributed by atoms with van der Waals surface area (Å²) in [6.45, 7) is 5.37. The van der Waals surface area contributed by atoms with Gasteiger partial charge in [0.05, 0.1) is 35.5 Å². The van der Waals surface area contributed by atoms with Gasteiger partial charge in [0.2, 0.25) is 0 Å². The second-order valence-corrected chi connectivity index (χ2v) is 9.38. The number of thiazole rings is 1. The Hall–Kier alpha value is -2.96. The number of amides is 1. The summed E-state index contributed by atoms with van der Waals surface area (Å²) >= 11 is 1.55. The molecule has 5 rings (SSSR count). The molecule has 1 amide bonds. The lowest BCUT2D eigenvalue weighted by Gasteiger charge is -2.24.